The standard InChI is InChI=1S/C39H49ClN2O5/c1-6-39(37(43)44)24-41(25-39)23-27-21-32(40)36(22-35(27)45-7-2)47-34-16-15-30-29(12-8-13-31(30)34)28-11-9-14-33(26(28)3)46-20-10-18-42-19-17-38(42,4)5/h8-9,11-14,21-22,34H,6-7,10,15-20,23-25H2,1-5H3,(H,43,44)/t34-/m0/s1. The van der Waals surface area contributed by atoms with Crippen LogP contribution in [0.2, 0.25) is 5.02 Å². The van der Waals surface area contributed by atoms with Gasteiger partial charge in [-0.25, -0.2) is 0 Å². The summed E-state index contributed by atoms with van der Waals surface area (Å²) in [5, 5.41) is 10.2. The molecule has 1 aliphatic carbocycles. The van der Waals surface area contributed by atoms with Crippen LogP contribution in [0, 0.1) is 12.3 Å². The van der Waals surface area contributed by atoms with Crippen molar-refractivity contribution in [2.75, 3.05) is 39.4 Å². The molecule has 0 saturated carbocycles. The van der Waals surface area contributed by atoms with Gasteiger partial charge in [-0.15, -0.1) is 0 Å². The average Bonchev–Trinajstić information content (AvgIpc) is 3.43. The van der Waals surface area contributed by atoms with Gasteiger partial charge in [0.25, 0.3) is 0 Å². The highest BCUT2D eigenvalue weighted by Gasteiger charge is 2.48. The zero-order chi connectivity index (χ0) is 33.3. The van der Waals surface area contributed by atoms with Gasteiger partial charge in [-0.1, -0.05) is 48.9 Å². The maximum Gasteiger partial charge on any atom is 0.312 e. The number of likely N-dealkylation sites (tertiary alicyclic amines) is 2. The van der Waals surface area contributed by atoms with Crippen LogP contribution in [-0.2, 0) is 17.8 Å². The second kappa shape index (κ2) is 13.7. The number of hydrogen-bond donors (Lipinski definition) is 1. The maximum atomic E-state index is 11.8. The molecule has 0 unspecified atom stereocenters. The minimum Gasteiger partial charge on any atom is -0.493 e. The van der Waals surface area contributed by atoms with Crippen molar-refractivity contribution in [3.05, 3.63) is 75.8 Å². The third-order valence-electron chi connectivity index (χ3n) is 10.7. The Balaban J connectivity index is 1.15. The van der Waals surface area contributed by atoms with E-state index in [1.54, 1.807) is 0 Å². The number of rotatable bonds is 14. The molecule has 3 aromatic rings. The monoisotopic (exact) mass is 660 g/mol. The topological polar surface area (TPSA) is 71.5 Å². The molecule has 3 aromatic carbocycles. The van der Waals surface area contributed by atoms with E-state index in [9.17, 15) is 9.90 Å². The molecule has 2 saturated heterocycles. The summed E-state index contributed by atoms with van der Waals surface area (Å²) in [6, 6.07) is 16.7. The fourth-order valence-electron chi connectivity index (χ4n) is 7.53. The number of carboxylic acid groups (broad SMARTS) is 1. The van der Waals surface area contributed by atoms with Crippen LogP contribution in [0.5, 0.6) is 17.2 Å². The third kappa shape index (κ3) is 6.72. The second-order valence-electron chi connectivity index (χ2n) is 14.1. The first-order valence-corrected chi connectivity index (χ1v) is 17.6. The molecule has 3 aliphatic rings. The molecule has 2 fully saturated rings. The summed E-state index contributed by atoms with van der Waals surface area (Å²) >= 11 is 6.84. The highest BCUT2D eigenvalue weighted by atomic mass is 35.5. The van der Waals surface area contributed by atoms with Gasteiger partial charge in [0.05, 0.1) is 23.7 Å². The zero-order valence-corrected chi connectivity index (χ0v) is 29.3. The molecule has 0 bridgehead atoms. The highest BCUT2D eigenvalue weighted by Crippen LogP contribution is 2.45. The summed E-state index contributed by atoms with van der Waals surface area (Å²) in [5.41, 5.74) is 6.70. The molecule has 1 atom stereocenters. The SMILES string of the molecule is CCOc1cc(O[C@H]2CCc3c(-c4cccc(OCCCN5CCC5(C)C)c4C)cccc32)c(Cl)cc1CN1CC(CC)(C(=O)O)C1. The largest absolute Gasteiger partial charge is 0.493 e. The minimum atomic E-state index is -0.725. The van der Waals surface area contributed by atoms with Gasteiger partial charge in [0.15, 0.2) is 0 Å². The smallest absolute Gasteiger partial charge is 0.312 e. The molecule has 0 aromatic heterocycles. The van der Waals surface area contributed by atoms with E-state index in [1.807, 2.05) is 26.0 Å². The molecule has 0 amide bonds. The van der Waals surface area contributed by atoms with E-state index in [2.05, 4.69) is 67.0 Å². The summed E-state index contributed by atoms with van der Waals surface area (Å²) < 4.78 is 19.0. The van der Waals surface area contributed by atoms with Crippen molar-refractivity contribution in [3.63, 3.8) is 0 Å². The van der Waals surface area contributed by atoms with E-state index in [4.69, 9.17) is 25.8 Å². The highest BCUT2D eigenvalue weighted by molar-refractivity contribution is 6.32. The van der Waals surface area contributed by atoms with Crippen molar-refractivity contribution in [1.29, 1.82) is 0 Å². The fraction of sp³-hybridized carbons (Fsp3) is 0.513. The first-order valence-electron chi connectivity index (χ1n) is 17.2. The molecule has 2 heterocycles. The predicted octanol–water partition coefficient (Wildman–Crippen LogP) is 8.33. The first kappa shape index (κ1) is 33.6. The van der Waals surface area contributed by atoms with Crippen molar-refractivity contribution in [3.8, 4) is 28.4 Å². The van der Waals surface area contributed by atoms with Gasteiger partial charge in [-0.3, -0.25) is 14.6 Å². The lowest BCUT2D eigenvalue weighted by atomic mass is 9.77. The number of carboxylic acids is 1. The van der Waals surface area contributed by atoms with Gasteiger partial charge in [0, 0.05) is 49.9 Å². The van der Waals surface area contributed by atoms with Crippen molar-refractivity contribution in [2.24, 2.45) is 5.41 Å². The quantitative estimate of drug-likeness (QED) is 0.174. The molecule has 1 N–H and O–H groups in total. The lowest BCUT2D eigenvalue weighted by Crippen LogP contribution is -2.59. The molecule has 47 heavy (non-hydrogen) atoms. The van der Waals surface area contributed by atoms with Crippen LogP contribution in [0.4, 0.5) is 0 Å². The Morgan fingerprint density at radius 1 is 1.02 bits per heavy atom. The van der Waals surface area contributed by atoms with E-state index >= 15 is 0 Å². The summed E-state index contributed by atoms with van der Waals surface area (Å²) in [5.74, 6) is 1.55. The van der Waals surface area contributed by atoms with Gasteiger partial charge < -0.3 is 19.3 Å². The Kier molecular flexibility index (Phi) is 9.80. The summed E-state index contributed by atoms with van der Waals surface area (Å²) in [4.78, 5) is 16.5. The normalized spacial score (nSPS) is 19.8. The van der Waals surface area contributed by atoms with Crippen LogP contribution in [0.1, 0.15) is 81.7 Å². The van der Waals surface area contributed by atoms with E-state index < -0.39 is 11.4 Å². The Hall–Kier alpha value is -3.26. The lowest BCUT2D eigenvalue weighted by Gasteiger charge is -2.48. The predicted molar refractivity (Wildman–Crippen MR) is 187 cm³/mol. The molecular weight excluding hydrogens is 612 g/mol. The Labute approximate surface area is 284 Å². The minimum absolute atomic E-state index is 0.121. The molecule has 6 rings (SSSR count). The van der Waals surface area contributed by atoms with E-state index in [0.29, 0.717) is 55.6 Å². The number of halogens is 1. The number of nitrogens with zero attached hydrogens (tertiary/aromatic N) is 2. The fourth-order valence-corrected chi connectivity index (χ4v) is 7.76. The van der Waals surface area contributed by atoms with Crippen LogP contribution in [-0.4, -0.2) is 65.8 Å². The maximum absolute atomic E-state index is 11.8. The van der Waals surface area contributed by atoms with Crippen LogP contribution in [0.15, 0.2) is 48.5 Å². The Morgan fingerprint density at radius 2 is 1.79 bits per heavy atom. The van der Waals surface area contributed by atoms with Gasteiger partial charge >= 0.3 is 5.97 Å². The van der Waals surface area contributed by atoms with E-state index in [1.165, 1.54) is 35.2 Å². The molecule has 252 valence electrons. The van der Waals surface area contributed by atoms with Crippen molar-refractivity contribution >= 4 is 17.6 Å². The molecule has 7 nitrogen and oxygen atoms in total. The summed E-state index contributed by atoms with van der Waals surface area (Å²) in [6.07, 6.45) is 4.56. The second-order valence-corrected chi connectivity index (χ2v) is 14.5. The van der Waals surface area contributed by atoms with E-state index in [0.717, 1.165) is 48.4 Å². The van der Waals surface area contributed by atoms with Crippen molar-refractivity contribution in [1.82, 2.24) is 9.80 Å². The Morgan fingerprint density at radius 3 is 2.47 bits per heavy atom. The van der Waals surface area contributed by atoms with Crippen LogP contribution in [0.25, 0.3) is 11.1 Å². The number of benzene rings is 3. The molecule has 0 radical (unpaired) electrons. The summed E-state index contributed by atoms with van der Waals surface area (Å²) in [6.45, 7) is 15.8. The van der Waals surface area contributed by atoms with Gasteiger partial charge in [-0.05, 0) is 99.7 Å². The van der Waals surface area contributed by atoms with Crippen molar-refractivity contribution in [2.45, 2.75) is 84.9 Å². The van der Waals surface area contributed by atoms with Crippen LogP contribution in [0.3, 0.4) is 0 Å². The molecular formula is C39H49ClN2O5. The van der Waals surface area contributed by atoms with Crippen molar-refractivity contribution < 1.29 is 24.1 Å². The lowest BCUT2D eigenvalue weighted by molar-refractivity contribution is -0.161. The van der Waals surface area contributed by atoms with Gasteiger partial charge in [-0.2, -0.15) is 0 Å². The molecule has 0 spiro atoms. The number of fused-ring (bicyclic) bond motifs is 1. The molecule has 8 heteroatoms. The number of hydrogen-bond acceptors (Lipinski definition) is 6. The summed E-state index contributed by atoms with van der Waals surface area (Å²) in [7, 11) is 0. The van der Waals surface area contributed by atoms with Crippen LogP contribution < -0.4 is 14.2 Å². The number of carbonyl (C=O) groups is 1. The molecule has 2 aliphatic heterocycles. The van der Waals surface area contributed by atoms with Gasteiger partial charge in [0.2, 0.25) is 0 Å². The first-order chi connectivity index (χ1) is 22.5. The third-order valence-corrected chi connectivity index (χ3v) is 11.0. The number of ether oxygens (including phenoxy) is 3. The van der Waals surface area contributed by atoms with Crippen LogP contribution >= 0.6 is 11.6 Å². The zero-order valence-electron chi connectivity index (χ0n) is 28.5. The number of aliphatic carboxylic acids is 1. The van der Waals surface area contributed by atoms with E-state index in [-0.39, 0.29) is 6.10 Å². The van der Waals surface area contributed by atoms with Gasteiger partial charge in [0.1, 0.15) is 23.4 Å². The Bertz CT molecular complexity index is 1620. The average molecular weight is 661 g/mol.